The van der Waals surface area contributed by atoms with E-state index >= 15 is 0 Å². The summed E-state index contributed by atoms with van der Waals surface area (Å²) in [5, 5.41) is 0. The molecule has 0 aliphatic heterocycles. The Morgan fingerprint density at radius 3 is 2.36 bits per heavy atom. The maximum absolute atomic E-state index is 11.9. The van der Waals surface area contributed by atoms with Gasteiger partial charge in [-0.25, -0.2) is 17.2 Å². The van der Waals surface area contributed by atoms with Crippen LogP contribution in [0.25, 0.3) is 0 Å². The van der Waals surface area contributed by atoms with Crippen molar-refractivity contribution in [3.05, 3.63) is 0 Å². The summed E-state index contributed by atoms with van der Waals surface area (Å²) in [7, 11) is -2.38. The van der Waals surface area contributed by atoms with Crippen molar-refractivity contribution >= 4 is 21.6 Å². The average molecular weight is 250 g/mol. The number of nitrogens with zero attached hydrogens (tertiary/aromatic N) is 1. The van der Waals surface area contributed by atoms with E-state index in [4.69, 9.17) is 11.6 Å². The van der Waals surface area contributed by atoms with Crippen LogP contribution in [-0.4, -0.2) is 44.4 Å². The third kappa shape index (κ3) is 5.72. The summed E-state index contributed by atoms with van der Waals surface area (Å²) in [6.07, 6.45) is -1.66. The van der Waals surface area contributed by atoms with Crippen LogP contribution in [0.15, 0.2) is 0 Å². The van der Waals surface area contributed by atoms with Crippen LogP contribution in [0, 0.1) is 0 Å². The van der Waals surface area contributed by atoms with Gasteiger partial charge < -0.3 is 0 Å². The molecular formula is C7H14ClF2NO2S. The Hall–Kier alpha value is 0.0600. The molecule has 0 aliphatic rings. The Morgan fingerprint density at radius 2 is 1.93 bits per heavy atom. The van der Waals surface area contributed by atoms with Gasteiger partial charge in [-0.3, -0.25) is 0 Å². The van der Waals surface area contributed by atoms with Crippen molar-refractivity contribution in [1.29, 1.82) is 0 Å². The van der Waals surface area contributed by atoms with Crippen molar-refractivity contribution in [2.45, 2.75) is 19.3 Å². The van der Waals surface area contributed by atoms with Crippen LogP contribution in [0.5, 0.6) is 0 Å². The van der Waals surface area contributed by atoms with E-state index in [1.165, 1.54) is 0 Å². The van der Waals surface area contributed by atoms with Gasteiger partial charge >= 0.3 is 0 Å². The number of rotatable bonds is 7. The highest BCUT2D eigenvalue weighted by molar-refractivity contribution is 7.89. The molecule has 0 aromatic rings. The fraction of sp³-hybridized carbons (Fsp3) is 1.00. The number of alkyl halides is 3. The van der Waals surface area contributed by atoms with Crippen molar-refractivity contribution < 1.29 is 17.2 Å². The zero-order chi connectivity index (χ0) is 11.2. The van der Waals surface area contributed by atoms with Crippen LogP contribution in [0.4, 0.5) is 8.78 Å². The number of hydrogen-bond acceptors (Lipinski definition) is 2. The first-order valence-electron chi connectivity index (χ1n) is 4.18. The maximum Gasteiger partial charge on any atom is 0.252 e. The fourth-order valence-corrected chi connectivity index (χ4v) is 2.25. The van der Waals surface area contributed by atoms with Crippen LogP contribution in [0.2, 0.25) is 0 Å². The third-order valence-electron chi connectivity index (χ3n) is 1.66. The summed E-state index contributed by atoms with van der Waals surface area (Å²) in [6.45, 7) is -0.747. The zero-order valence-corrected chi connectivity index (χ0v) is 9.49. The molecule has 14 heavy (non-hydrogen) atoms. The Kier molecular flexibility index (Phi) is 6.55. The number of unbranched alkanes of at least 4 members (excludes halogenated alkanes) is 1. The molecule has 0 amide bonds. The lowest BCUT2D eigenvalue weighted by Gasteiger charge is -2.16. The predicted octanol–water partition coefficient (Wildman–Crippen LogP) is 1.53. The minimum Gasteiger partial charge on any atom is -0.212 e. The standard InChI is InChI=1S/C7H14ClF2NO2S/c1-11(6-7(9)10)14(12,13)5-3-2-4-8/h7H,2-6H2,1H3. The van der Waals surface area contributed by atoms with Gasteiger partial charge in [0.05, 0.1) is 12.3 Å². The molecule has 7 heteroatoms. The summed E-state index contributed by atoms with van der Waals surface area (Å²) in [6, 6.07) is 0. The van der Waals surface area contributed by atoms with Gasteiger partial charge in [0.15, 0.2) is 0 Å². The maximum atomic E-state index is 11.9. The first kappa shape index (κ1) is 14.1. The van der Waals surface area contributed by atoms with E-state index in [0.29, 0.717) is 23.0 Å². The van der Waals surface area contributed by atoms with Crippen molar-refractivity contribution in [3.63, 3.8) is 0 Å². The van der Waals surface area contributed by atoms with Gasteiger partial charge in [-0.05, 0) is 12.8 Å². The lowest BCUT2D eigenvalue weighted by molar-refractivity contribution is 0.126. The SMILES string of the molecule is CN(CC(F)F)S(=O)(=O)CCCCCl. The molecule has 0 unspecified atom stereocenters. The molecule has 0 aliphatic carbocycles. The summed E-state index contributed by atoms with van der Waals surface area (Å²) in [4.78, 5) is 0. The summed E-state index contributed by atoms with van der Waals surface area (Å²) in [5.74, 6) is 0.261. The fourth-order valence-electron chi connectivity index (χ4n) is 0.843. The van der Waals surface area contributed by atoms with Gasteiger partial charge in [0.25, 0.3) is 6.43 Å². The number of hydrogen-bond donors (Lipinski definition) is 0. The number of halogens is 3. The second-order valence-corrected chi connectivity index (χ2v) is 5.46. The molecule has 0 bridgehead atoms. The molecule has 0 N–H and O–H groups in total. The van der Waals surface area contributed by atoms with Crippen molar-refractivity contribution in [3.8, 4) is 0 Å². The van der Waals surface area contributed by atoms with E-state index in [1.807, 2.05) is 0 Å². The van der Waals surface area contributed by atoms with E-state index in [9.17, 15) is 17.2 Å². The summed E-state index contributed by atoms with van der Waals surface area (Å²) < 4.78 is 47.0. The van der Waals surface area contributed by atoms with Gasteiger partial charge in [-0.2, -0.15) is 4.31 Å². The van der Waals surface area contributed by atoms with E-state index in [1.54, 1.807) is 0 Å². The van der Waals surface area contributed by atoms with Gasteiger partial charge in [0.1, 0.15) is 0 Å². The molecule has 0 fully saturated rings. The highest BCUT2D eigenvalue weighted by Gasteiger charge is 2.20. The molecule has 0 heterocycles. The topological polar surface area (TPSA) is 37.4 Å². The van der Waals surface area contributed by atoms with Gasteiger partial charge in [0, 0.05) is 12.9 Å². The average Bonchev–Trinajstić information content (AvgIpc) is 2.03. The molecule has 3 nitrogen and oxygen atoms in total. The predicted molar refractivity (Wildman–Crippen MR) is 52.4 cm³/mol. The van der Waals surface area contributed by atoms with Crippen LogP contribution >= 0.6 is 11.6 Å². The smallest absolute Gasteiger partial charge is 0.212 e. The summed E-state index contributed by atoms with van der Waals surface area (Å²) in [5.41, 5.74) is 0. The largest absolute Gasteiger partial charge is 0.252 e. The lowest BCUT2D eigenvalue weighted by atomic mass is 10.4. The minimum atomic E-state index is -3.53. The van der Waals surface area contributed by atoms with E-state index in [-0.39, 0.29) is 5.75 Å². The third-order valence-corrected chi connectivity index (χ3v) is 3.83. The van der Waals surface area contributed by atoms with Crippen molar-refractivity contribution in [2.75, 3.05) is 25.2 Å². The normalized spacial score (nSPS) is 12.7. The zero-order valence-electron chi connectivity index (χ0n) is 7.92. The van der Waals surface area contributed by atoms with Crippen molar-refractivity contribution in [2.24, 2.45) is 0 Å². The van der Waals surface area contributed by atoms with Crippen LogP contribution < -0.4 is 0 Å². The molecule has 86 valence electrons. The van der Waals surface area contributed by atoms with Gasteiger partial charge in [-0.1, -0.05) is 0 Å². The quantitative estimate of drug-likeness (QED) is 0.507. The molecule has 0 atom stereocenters. The highest BCUT2D eigenvalue weighted by Crippen LogP contribution is 2.06. The lowest BCUT2D eigenvalue weighted by Crippen LogP contribution is -2.33. The molecule has 0 aromatic heterocycles. The molecular weight excluding hydrogens is 236 g/mol. The molecule has 0 aromatic carbocycles. The number of sulfonamides is 1. The first-order chi connectivity index (χ1) is 6.40. The second-order valence-electron chi connectivity index (χ2n) is 2.88. The molecule has 0 saturated heterocycles. The minimum absolute atomic E-state index is 0.122. The Balaban J connectivity index is 4.04. The monoisotopic (exact) mass is 249 g/mol. The molecule has 0 radical (unpaired) electrons. The van der Waals surface area contributed by atoms with Crippen LogP contribution in [0.1, 0.15) is 12.8 Å². The Morgan fingerprint density at radius 1 is 1.36 bits per heavy atom. The molecule has 0 spiro atoms. The second kappa shape index (κ2) is 6.53. The molecule has 0 saturated carbocycles. The molecule has 0 rings (SSSR count). The summed E-state index contributed by atoms with van der Waals surface area (Å²) >= 11 is 5.37. The van der Waals surface area contributed by atoms with Gasteiger partial charge in [-0.15, -0.1) is 11.6 Å². The van der Waals surface area contributed by atoms with Crippen LogP contribution in [0.3, 0.4) is 0 Å². The van der Waals surface area contributed by atoms with Gasteiger partial charge in [0.2, 0.25) is 10.0 Å². The Bertz CT molecular complexity index is 246. The highest BCUT2D eigenvalue weighted by atomic mass is 35.5. The Labute approximate surface area is 88.1 Å². The van der Waals surface area contributed by atoms with E-state index in [2.05, 4.69) is 0 Å². The van der Waals surface area contributed by atoms with Crippen molar-refractivity contribution in [1.82, 2.24) is 4.31 Å². The van der Waals surface area contributed by atoms with Crippen LogP contribution in [-0.2, 0) is 10.0 Å². The van der Waals surface area contributed by atoms with E-state index < -0.39 is 23.0 Å². The first-order valence-corrected chi connectivity index (χ1v) is 6.32. The van der Waals surface area contributed by atoms with E-state index in [0.717, 1.165) is 7.05 Å².